The number of methoxy groups -OCH3 is 2. The highest BCUT2D eigenvalue weighted by Gasteiger charge is 2.00. The van der Waals surface area contributed by atoms with E-state index in [1.165, 1.54) is 6.08 Å². The van der Waals surface area contributed by atoms with Crippen LogP contribution >= 0.6 is 0 Å². The Bertz CT molecular complexity index is 748. The van der Waals surface area contributed by atoms with Crippen molar-refractivity contribution in [1.82, 2.24) is 5.32 Å². The van der Waals surface area contributed by atoms with Gasteiger partial charge in [-0.2, -0.15) is 0 Å². The smallest absolute Gasteiger partial charge is 0.244 e. The quantitative estimate of drug-likeness (QED) is 0.680. The first kappa shape index (κ1) is 17.2. The van der Waals surface area contributed by atoms with Gasteiger partial charge in [-0.1, -0.05) is 30.0 Å². The molecular formula is C20H19NO3. The zero-order chi connectivity index (χ0) is 17.2. The number of carbonyl (C=O) groups is 1. The van der Waals surface area contributed by atoms with Crippen molar-refractivity contribution in [2.24, 2.45) is 0 Å². The summed E-state index contributed by atoms with van der Waals surface area (Å²) in [7, 11) is 3.17. The molecule has 0 saturated carbocycles. The first-order chi connectivity index (χ1) is 11.7. The largest absolute Gasteiger partial charge is 0.497 e. The van der Waals surface area contributed by atoms with Crippen LogP contribution in [-0.4, -0.2) is 26.7 Å². The maximum atomic E-state index is 11.8. The molecule has 0 saturated heterocycles. The minimum atomic E-state index is -0.209. The molecule has 4 nitrogen and oxygen atoms in total. The van der Waals surface area contributed by atoms with Gasteiger partial charge in [-0.3, -0.25) is 4.79 Å². The molecule has 24 heavy (non-hydrogen) atoms. The van der Waals surface area contributed by atoms with Crippen molar-refractivity contribution in [3.63, 3.8) is 0 Å². The minimum absolute atomic E-state index is 0.209. The van der Waals surface area contributed by atoms with Crippen LogP contribution in [0.3, 0.4) is 0 Å². The predicted molar refractivity (Wildman–Crippen MR) is 94.9 cm³/mol. The van der Waals surface area contributed by atoms with Gasteiger partial charge in [0.15, 0.2) is 0 Å². The predicted octanol–water partition coefficient (Wildman–Crippen LogP) is 2.88. The van der Waals surface area contributed by atoms with E-state index in [-0.39, 0.29) is 5.91 Å². The molecule has 0 fully saturated rings. The maximum absolute atomic E-state index is 11.8. The standard InChI is InChI=1S/C20H19NO3/c1-23-18-13-17(14-19(15-18)24-2)10-11-20(22)21-12-6-9-16-7-4-3-5-8-16/h3-5,7-8,10-11,13-15H,12H2,1-2H3,(H,21,22)/b11-10+. The molecule has 0 aliphatic rings. The summed E-state index contributed by atoms with van der Waals surface area (Å²) in [5.41, 5.74) is 1.74. The highest BCUT2D eigenvalue weighted by molar-refractivity contribution is 5.92. The molecule has 1 N–H and O–H groups in total. The number of ether oxygens (including phenoxy) is 2. The van der Waals surface area contributed by atoms with Gasteiger partial charge in [-0.25, -0.2) is 0 Å². The Labute approximate surface area is 142 Å². The van der Waals surface area contributed by atoms with Crippen molar-refractivity contribution in [2.75, 3.05) is 20.8 Å². The van der Waals surface area contributed by atoms with Crippen molar-refractivity contribution in [1.29, 1.82) is 0 Å². The number of hydrogen-bond acceptors (Lipinski definition) is 3. The third kappa shape index (κ3) is 5.54. The molecule has 1 amide bonds. The summed E-state index contributed by atoms with van der Waals surface area (Å²) in [6.07, 6.45) is 3.16. The Balaban J connectivity index is 1.90. The van der Waals surface area contributed by atoms with Gasteiger partial charge in [0.2, 0.25) is 5.91 Å². The van der Waals surface area contributed by atoms with Crippen LogP contribution in [0.4, 0.5) is 0 Å². The van der Waals surface area contributed by atoms with E-state index in [2.05, 4.69) is 17.2 Å². The van der Waals surface area contributed by atoms with E-state index >= 15 is 0 Å². The Morgan fingerprint density at radius 1 is 1.08 bits per heavy atom. The first-order valence-electron chi connectivity index (χ1n) is 7.44. The SMILES string of the molecule is COc1cc(/C=C/C(=O)NCC#Cc2ccccc2)cc(OC)c1. The monoisotopic (exact) mass is 321 g/mol. The molecule has 0 aromatic heterocycles. The highest BCUT2D eigenvalue weighted by atomic mass is 16.5. The molecule has 0 aliphatic carbocycles. The summed E-state index contributed by atoms with van der Waals surface area (Å²) in [6.45, 7) is 0.291. The van der Waals surface area contributed by atoms with Crippen molar-refractivity contribution >= 4 is 12.0 Å². The second kappa shape index (κ2) is 9.06. The molecule has 122 valence electrons. The third-order valence-electron chi connectivity index (χ3n) is 3.16. The van der Waals surface area contributed by atoms with Gasteiger partial charge in [0.1, 0.15) is 11.5 Å². The number of amides is 1. The molecule has 2 aromatic carbocycles. The number of benzene rings is 2. The van der Waals surface area contributed by atoms with Gasteiger partial charge < -0.3 is 14.8 Å². The molecule has 0 heterocycles. The van der Waals surface area contributed by atoms with E-state index < -0.39 is 0 Å². The summed E-state index contributed by atoms with van der Waals surface area (Å²) in [5.74, 6) is 7.02. The van der Waals surface area contributed by atoms with Crippen molar-refractivity contribution < 1.29 is 14.3 Å². The lowest BCUT2D eigenvalue weighted by molar-refractivity contribution is -0.116. The molecule has 0 atom stereocenters. The van der Waals surface area contributed by atoms with Crippen LogP contribution in [0, 0.1) is 11.8 Å². The van der Waals surface area contributed by atoms with Crippen LogP contribution in [-0.2, 0) is 4.79 Å². The van der Waals surface area contributed by atoms with Crippen molar-refractivity contribution in [3.05, 3.63) is 65.7 Å². The Morgan fingerprint density at radius 2 is 1.75 bits per heavy atom. The average Bonchev–Trinajstić information content (AvgIpc) is 2.64. The van der Waals surface area contributed by atoms with E-state index in [0.717, 1.165) is 11.1 Å². The molecule has 0 unspecified atom stereocenters. The van der Waals surface area contributed by atoms with Crippen LogP contribution in [0.5, 0.6) is 11.5 Å². The number of carbonyl (C=O) groups excluding carboxylic acids is 1. The van der Waals surface area contributed by atoms with Crippen molar-refractivity contribution in [2.45, 2.75) is 0 Å². The normalized spacial score (nSPS) is 9.92. The van der Waals surface area contributed by atoms with Crippen molar-refractivity contribution in [3.8, 4) is 23.3 Å². The summed E-state index contributed by atoms with van der Waals surface area (Å²) < 4.78 is 10.4. The van der Waals surface area contributed by atoms with Crippen LogP contribution in [0.25, 0.3) is 6.08 Å². The lowest BCUT2D eigenvalue weighted by Crippen LogP contribution is -2.20. The maximum Gasteiger partial charge on any atom is 0.244 e. The van der Waals surface area contributed by atoms with Gasteiger partial charge in [0.25, 0.3) is 0 Å². The van der Waals surface area contributed by atoms with Crippen LogP contribution in [0.2, 0.25) is 0 Å². The Kier molecular flexibility index (Phi) is 6.48. The highest BCUT2D eigenvalue weighted by Crippen LogP contribution is 2.23. The van der Waals surface area contributed by atoms with E-state index in [1.807, 2.05) is 42.5 Å². The summed E-state index contributed by atoms with van der Waals surface area (Å²) in [4.78, 5) is 11.8. The number of rotatable bonds is 5. The molecule has 0 radical (unpaired) electrons. The molecule has 0 bridgehead atoms. The van der Waals surface area contributed by atoms with Crippen LogP contribution < -0.4 is 14.8 Å². The van der Waals surface area contributed by atoms with Gasteiger partial charge in [-0.15, -0.1) is 0 Å². The molecule has 2 rings (SSSR count). The summed E-state index contributed by atoms with van der Waals surface area (Å²) in [5, 5.41) is 2.72. The van der Waals surface area contributed by atoms with Gasteiger partial charge >= 0.3 is 0 Å². The van der Waals surface area contributed by atoms with E-state index in [0.29, 0.717) is 18.0 Å². The van der Waals surface area contributed by atoms with E-state index in [1.54, 1.807) is 26.4 Å². The molecule has 2 aromatic rings. The van der Waals surface area contributed by atoms with Gasteiger partial charge in [-0.05, 0) is 35.9 Å². The Hall–Kier alpha value is -3.19. The van der Waals surface area contributed by atoms with E-state index in [4.69, 9.17) is 9.47 Å². The van der Waals surface area contributed by atoms with Crippen LogP contribution in [0.1, 0.15) is 11.1 Å². The molecular weight excluding hydrogens is 302 g/mol. The lowest BCUT2D eigenvalue weighted by Gasteiger charge is -2.05. The summed E-state index contributed by atoms with van der Waals surface area (Å²) >= 11 is 0. The first-order valence-corrected chi connectivity index (χ1v) is 7.44. The lowest BCUT2D eigenvalue weighted by atomic mass is 10.2. The molecule has 0 aliphatic heterocycles. The van der Waals surface area contributed by atoms with Crippen LogP contribution in [0.15, 0.2) is 54.6 Å². The molecule has 0 spiro atoms. The topological polar surface area (TPSA) is 47.6 Å². The average molecular weight is 321 g/mol. The zero-order valence-electron chi connectivity index (χ0n) is 13.7. The van der Waals surface area contributed by atoms with Gasteiger partial charge in [0.05, 0.1) is 20.8 Å². The zero-order valence-corrected chi connectivity index (χ0v) is 13.7. The Morgan fingerprint density at radius 3 is 2.38 bits per heavy atom. The fourth-order valence-corrected chi connectivity index (χ4v) is 1.96. The fourth-order valence-electron chi connectivity index (χ4n) is 1.96. The van der Waals surface area contributed by atoms with E-state index in [9.17, 15) is 4.79 Å². The molecule has 4 heteroatoms. The number of nitrogens with one attached hydrogen (secondary N) is 1. The second-order valence-electron chi connectivity index (χ2n) is 4.86. The summed E-state index contributed by atoms with van der Waals surface area (Å²) in [6, 6.07) is 15.0. The third-order valence-corrected chi connectivity index (χ3v) is 3.16. The minimum Gasteiger partial charge on any atom is -0.497 e. The second-order valence-corrected chi connectivity index (χ2v) is 4.86. The fraction of sp³-hybridized carbons (Fsp3) is 0.150. The van der Waals surface area contributed by atoms with Gasteiger partial charge in [0, 0.05) is 17.7 Å². The number of hydrogen-bond donors (Lipinski definition) is 1.